The fraction of sp³-hybridized carbons (Fsp3) is 0.941. The van der Waals surface area contributed by atoms with Gasteiger partial charge < -0.3 is 15.0 Å². The molecule has 4 heteroatoms. The Morgan fingerprint density at radius 1 is 1.19 bits per heavy atom. The van der Waals surface area contributed by atoms with E-state index in [-0.39, 0.29) is 11.5 Å². The number of ether oxygens (including phenoxy) is 1. The number of morpholine rings is 1. The third kappa shape index (κ3) is 2.40. The topological polar surface area (TPSA) is 41.6 Å². The summed E-state index contributed by atoms with van der Waals surface area (Å²) in [6, 6.07) is 0. The minimum absolute atomic E-state index is 0.0102. The molecule has 1 aliphatic heterocycles. The minimum Gasteiger partial charge on any atom is -0.373 e. The first-order valence-electron chi connectivity index (χ1n) is 8.74. The highest BCUT2D eigenvalue weighted by molar-refractivity contribution is 5.83. The van der Waals surface area contributed by atoms with Gasteiger partial charge in [-0.15, -0.1) is 0 Å². The van der Waals surface area contributed by atoms with Crippen molar-refractivity contribution in [1.82, 2.24) is 10.2 Å². The van der Waals surface area contributed by atoms with Gasteiger partial charge in [0.15, 0.2) is 0 Å². The maximum Gasteiger partial charge on any atom is 0.228 e. The van der Waals surface area contributed by atoms with E-state index < -0.39 is 0 Å². The number of hydrogen-bond acceptors (Lipinski definition) is 3. The molecule has 4 saturated carbocycles. The van der Waals surface area contributed by atoms with Gasteiger partial charge in [0, 0.05) is 19.6 Å². The predicted molar refractivity (Wildman–Crippen MR) is 80.9 cm³/mol. The molecule has 1 atom stereocenters. The lowest BCUT2D eigenvalue weighted by atomic mass is 9.49. The molecule has 4 nitrogen and oxygen atoms in total. The summed E-state index contributed by atoms with van der Waals surface area (Å²) in [5, 5.41) is 3.17. The monoisotopic (exact) mass is 292 g/mol. The Morgan fingerprint density at radius 3 is 2.38 bits per heavy atom. The van der Waals surface area contributed by atoms with E-state index in [9.17, 15) is 4.79 Å². The number of hydrogen-bond donors (Lipinski definition) is 1. The maximum absolute atomic E-state index is 13.3. The van der Waals surface area contributed by atoms with Crippen LogP contribution >= 0.6 is 0 Å². The molecular weight excluding hydrogens is 264 g/mol. The fourth-order valence-corrected chi connectivity index (χ4v) is 5.96. The van der Waals surface area contributed by atoms with Crippen molar-refractivity contribution in [2.45, 2.75) is 44.6 Å². The second-order valence-corrected chi connectivity index (χ2v) is 8.00. The summed E-state index contributed by atoms with van der Waals surface area (Å²) >= 11 is 0. The Morgan fingerprint density at radius 2 is 1.81 bits per heavy atom. The van der Waals surface area contributed by atoms with Crippen molar-refractivity contribution in [3.63, 3.8) is 0 Å². The lowest BCUT2D eigenvalue weighted by molar-refractivity contribution is -0.164. The molecule has 21 heavy (non-hydrogen) atoms. The van der Waals surface area contributed by atoms with Crippen LogP contribution in [0.3, 0.4) is 0 Å². The molecule has 5 fully saturated rings. The minimum atomic E-state index is 0.0102. The van der Waals surface area contributed by atoms with Crippen LogP contribution in [0.15, 0.2) is 0 Å². The van der Waals surface area contributed by atoms with Crippen molar-refractivity contribution in [3.8, 4) is 0 Å². The lowest BCUT2D eigenvalue weighted by Crippen LogP contribution is -2.58. The molecule has 5 rings (SSSR count). The van der Waals surface area contributed by atoms with Gasteiger partial charge in [-0.05, 0) is 63.3 Å². The van der Waals surface area contributed by atoms with Gasteiger partial charge >= 0.3 is 0 Å². The highest BCUT2D eigenvalue weighted by Gasteiger charge is 2.55. The molecule has 118 valence electrons. The highest BCUT2D eigenvalue weighted by Crippen LogP contribution is 2.60. The average molecular weight is 292 g/mol. The fourth-order valence-electron chi connectivity index (χ4n) is 5.96. The third-order valence-electron chi connectivity index (χ3n) is 6.35. The first kappa shape index (κ1) is 14.0. The van der Waals surface area contributed by atoms with Gasteiger partial charge in [-0.25, -0.2) is 0 Å². The van der Waals surface area contributed by atoms with Crippen LogP contribution < -0.4 is 5.32 Å². The molecule has 0 aromatic carbocycles. The average Bonchev–Trinajstić information content (AvgIpc) is 2.46. The number of likely N-dealkylation sites (N-methyl/N-ethyl adjacent to an activating group) is 1. The zero-order valence-corrected chi connectivity index (χ0v) is 13.1. The number of carbonyl (C=O) groups is 1. The van der Waals surface area contributed by atoms with Crippen LogP contribution in [0.5, 0.6) is 0 Å². The Hall–Kier alpha value is -0.610. The number of rotatable bonds is 3. The molecule has 0 aromatic heterocycles. The van der Waals surface area contributed by atoms with E-state index in [0.29, 0.717) is 12.5 Å². The molecule has 4 bridgehead atoms. The first-order valence-corrected chi connectivity index (χ1v) is 8.74. The lowest BCUT2D eigenvalue weighted by Gasteiger charge is -2.57. The van der Waals surface area contributed by atoms with Crippen molar-refractivity contribution in [2.24, 2.45) is 23.2 Å². The molecule has 0 spiro atoms. The van der Waals surface area contributed by atoms with E-state index in [1.54, 1.807) is 0 Å². The van der Waals surface area contributed by atoms with E-state index in [2.05, 4.69) is 10.2 Å². The first-order chi connectivity index (χ1) is 10.2. The Kier molecular flexibility index (Phi) is 3.49. The quantitative estimate of drug-likeness (QED) is 0.860. The standard InChI is InChI=1S/C17H28N2O2/c1-18-10-15-11-19(2-3-21-15)16(20)17-7-12-4-13(8-17)6-14(5-12)9-17/h12-15,18H,2-11H2,1H3. The van der Waals surface area contributed by atoms with Crippen LogP contribution in [0.25, 0.3) is 0 Å². The van der Waals surface area contributed by atoms with Crippen molar-refractivity contribution >= 4 is 5.91 Å². The van der Waals surface area contributed by atoms with Crippen molar-refractivity contribution in [2.75, 3.05) is 33.3 Å². The normalized spacial score (nSPS) is 45.1. The summed E-state index contributed by atoms with van der Waals surface area (Å²) in [5.41, 5.74) is 0.0102. The highest BCUT2D eigenvalue weighted by atomic mass is 16.5. The van der Waals surface area contributed by atoms with Crippen LogP contribution in [-0.2, 0) is 9.53 Å². The number of carbonyl (C=O) groups excluding carboxylic acids is 1. The van der Waals surface area contributed by atoms with Gasteiger partial charge in [-0.1, -0.05) is 0 Å². The van der Waals surface area contributed by atoms with Gasteiger partial charge in [0.1, 0.15) is 0 Å². The molecule has 0 radical (unpaired) electrons. The molecule has 1 amide bonds. The summed E-state index contributed by atoms with van der Waals surface area (Å²) in [5.74, 6) is 2.99. The molecule has 1 N–H and O–H groups in total. The smallest absolute Gasteiger partial charge is 0.228 e. The molecule has 4 aliphatic carbocycles. The summed E-state index contributed by atoms with van der Waals surface area (Å²) in [6.07, 6.45) is 7.89. The molecule has 1 saturated heterocycles. The Balaban J connectivity index is 1.49. The molecule has 1 heterocycles. The van der Waals surface area contributed by atoms with E-state index in [0.717, 1.165) is 37.4 Å². The van der Waals surface area contributed by atoms with Crippen LogP contribution in [0.4, 0.5) is 0 Å². The van der Waals surface area contributed by atoms with E-state index in [4.69, 9.17) is 4.74 Å². The summed E-state index contributed by atoms with van der Waals surface area (Å²) in [4.78, 5) is 15.4. The third-order valence-corrected chi connectivity index (χ3v) is 6.35. The number of amides is 1. The zero-order valence-electron chi connectivity index (χ0n) is 13.1. The maximum atomic E-state index is 13.3. The van der Waals surface area contributed by atoms with Crippen molar-refractivity contribution < 1.29 is 9.53 Å². The van der Waals surface area contributed by atoms with E-state index >= 15 is 0 Å². The SMILES string of the molecule is CNCC1CN(C(=O)C23CC4CC(CC(C4)C2)C3)CCO1. The Labute approximate surface area is 127 Å². The van der Waals surface area contributed by atoms with E-state index in [1.807, 2.05) is 7.05 Å². The van der Waals surface area contributed by atoms with Gasteiger partial charge in [-0.3, -0.25) is 4.79 Å². The molecule has 5 aliphatic rings. The predicted octanol–water partition coefficient (Wildman–Crippen LogP) is 1.65. The molecular formula is C17H28N2O2. The van der Waals surface area contributed by atoms with Gasteiger partial charge in [0.25, 0.3) is 0 Å². The summed E-state index contributed by atoms with van der Waals surface area (Å²) in [7, 11) is 1.95. The van der Waals surface area contributed by atoms with Crippen molar-refractivity contribution in [1.29, 1.82) is 0 Å². The molecule has 1 unspecified atom stereocenters. The zero-order chi connectivity index (χ0) is 14.4. The number of nitrogens with one attached hydrogen (secondary N) is 1. The van der Waals surface area contributed by atoms with Crippen LogP contribution in [0.1, 0.15) is 38.5 Å². The van der Waals surface area contributed by atoms with Crippen molar-refractivity contribution in [3.05, 3.63) is 0 Å². The Bertz CT molecular complexity index is 386. The number of nitrogens with zero attached hydrogens (tertiary/aromatic N) is 1. The van der Waals surface area contributed by atoms with Crippen LogP contribution in [0, 0.1) is 23.2 Å². The molecule has 0 aromatic rings. The van der Waals surface area contributed by atoms with Crippen LogP contribution in [0.2, 0.25) is 0 Å². The van der Waals surface area contributed by atoms with Gasteiger partial charge in [0.05, 0.1) is 18.1 Å². The van der Waals surface area contributed by atoms with Gasteiger partial charge in [-0.2, -0.15) is 0 Å². The largest absolute Gasteiger partial charge is 0.373 e. The summed E-state index contributed by atoms with van der Waals surface area (Å²) in [6.45, 7) is 3.11. The summed E-state index contributed by atoms with van der Waals surface area (Å²) < 4.78 is 5.76. The van der Waals surface area contributed by atoms with E-state index in [1.165, 1.54) is 38.5 Å². The van der Waals surface area contributed by atoms with Gasteiger partial charge in [0.2, 0.25) is 5.91 Å². The van der Waals surface area contributed by atoms with Crippen LogP contribution in [-0.4, -0.2) is 50.2 Å². The second-order valence-electron chi connectivity index (χ2n) is 8.00. The second kappa shape index (κ2) is 5.24.